The van der Waals surface area contributed by atoms with E-state index < -0.39 is 0 Å². The molecule has 1 aromatic heterocycles. The lowest BCUT2D eigenvalue weighted by Gasteiger charge is -2.23. The fourth-order valence-electron chi connectivity index (χ4n) is 2.80. The van der Waals surface area contributed by atoms with Crippen molar-refractivity contribution in [1.29, 1.82) is 0 Å². The average molecular weight is 269 g/mol. The second-order valence-electron chi connectivity index (χ2n) is 5.38. The lowest BCUT2D eigenvalue weighted by molar-refractivity contribution is 0.434. The first kappa shape index (κ1) is 13.1. The summed E-state index contributed by atoms with van der Waals surface area (Å²) in [5.74, 6) is 1.70. The van der Waals surface area contributed by atoms with Crippen molar-refractivity contribution in [3.05, 3.63) is 41.7 Å². The molecule has 1 heterocycles. The summed E-state index contributed by atoms with van der Waals surface area (Å²) in [4.78, 5) is 9.17. The number of benzene rings is 1. The fourth-order valence-corrected chi connectivity index (χ4v) is 2.80. The van der Waals surface area contributed by atoms with Gasteiger partial charge >= 0.3 is 0 Å². The smallest absolute Gasteiger partial charge is 0.159 e. The predicted molar refractivity (Wildman–Crippen MR) is 78.6 cm³/mol. The largest absolute Gasteiger partial charge is 0.508 e. The lowest BCUT2D eigenvalue weighted by Crippen LogP contribution is -2.25. The number of hydrogen-bond donors (Lipinski definition) is 2. The van der Waals surface area contributed by atoms with E-state index in [4.69, 9.17) is 4.98 Å². The molecule has 1 aliphatic rings. The van der Waals surface area contributed by atoms with E-state index in [0.29, 0.717) is 5.92 Å². The highest BCUT2D eigenvalue weighted by Gasteiger charge is 2.20. The maximum absolute atomic E-state index is 9.33. The number of aromatic hydroxyl groups is 1. The molecular formula is C16H19N3O. The lowest BCUT2D eigenvalue weighted by atomic mass is 9.87. The van der Waals surface area contributed by atoms with Crippen LogP contribution in [-0.2, 0) is 12.8 Å². The van der Waals surface area contributed by atoms with Crippen LogP contribution in [0.3, 0.4) is 0 Å². The van der Waals surface area contributed by atoms with Crippen LogP contribution in [0.15, 0.2) is 30.5 Å². The number of aromatic nitrogens is 2. The topological polar surface area (TPSA) is 58.0 Å². The van der Waals surface area contributed by atoms with Crippen molar-refractivity contribution in [2.45, 2.75) is 19.3 Å². The first-order valence-electron chi connectivity index (χ1n) is 7.05. The quantitative estimate of drug-likeness (QED) is 0.896. The summed E-state index contributed by atoms with van der Waals surface area (Å²) in [5, 5.41) is 12.6. The van der Waals surface area contributed by atoms with Crippen LogP contribution in [0.5, 0.6) is 5.75 Å². The van der Waals surface area contributed by atoms with Gasteiger partial charge in [-0.05, 0) is 68.6 Å². The van der Waals surface area contributed by atoms with E-state index in [1.54, 1.807) is 12.1 Å². The first-order valence-corrected chi connectivity index (χ1v) is 7.05. The number of fused-ring (bicyclic) bond motifs is 1. The van der Waals surface area contributed by atoms with Crippen LogP contribution < -0.4 is 5.32 Å². The van der Waals surface area contributed by atoms with Crippen LogP contribution in [0.25, 0.3) is 11.4 Å². The van der Waals surface area contributed by atoms with Gasteiger partial charge in [0.2, 0.25) is 0 Å². The van der Waals surface area contributed by atoms with Crippen molar-refractivity contribution in [2.24, 2.45) is 5.92 Å². The minimum absolute atomic E-state index is 0.265. The maximum atomic E-state index is 9.33. The number of rotatable bonds is 3. The van der Waals surface area contributed by atoms with Gasteiger partial charge in [0.05, 0.1) is 0 Å². The first-order chi connectivity index (χ1) is 9.76. The van der Waals surface area contributed by atoms with Crippen molar-refractivity contribution < 1.29 is 5.11 Å². The molecule has 0 bridgehead atoms. The molecular weight excluding hydrogens is 250 g/mol. The monoisotopic (exact) mass is 269 g/mol. The molecule has 0 spiro atoms. The van der Waals surface area contributed by atoms with Gasteiger partial charge < -0.3 is 10.4 Å². The third-order valence-corrected chi connectivity index (χ3v) is 3.87. The van der Waals surface area contributed by atoms with E-state index >= 15 is 0 Å². The Balaban J connectivity index is 1.85. The Hall–Kier alpha value is -1.94. The molecule has 0 radical (unpaired) electrons. The van der Waals surface area contributed by atoms with Crippen molar-refractivity contribution >= 4 is 0 Å². The summed E-state index contributed by atoms with van der Waals surface area (Å²) in [6.07, 6.45) is 5.23. The number of nitrogens with one attached hydrogen (secondary N) is 1. The normalized spacial score (nSPS) is 17.8. The van der Waals surface area contributed by atoms with Gasteiger partial charge in [-0.3, -0.25) is 0 Å². The summed E-state index contributed by atoms with van der Waals surface area (Å²) in [6.45, 7) is 1.05. The van der Waals surface area contributed by atoms with Gasteiger partial charge in [-0.25, -0.2) is 9.97 Å². The third-order valence-electron chi connectivity index (χ3n) is 3.87. The Morgan fingerprint density at radius 3 is 2.85 bits per heavy atom. The second-order valence-corrected chi connectivity index (χ2v) is 5.38. The van der Waals surface area contributed by atoms with Crippen molar-refractivity contribution in [3.8, 4) is 17.1 Å². The van der Waals surface area contributed by atoms with Gasteiger partial charge in [0.1, 0.15) is 5.75 Å². The summed E-state index contributed by atoms with van der Waals surface area (Å²) in [5.41, 5.74) is 3.40. The summed E-state index contributed by atoms with van der Waals surface area (Å²) in [7, 11) is 2.00. The molecule has 0 aliphatic heterocycles. The number of aryl methyl sites for hydroxylation is 1. The molecule has 0 amide bonds. The van der Waals surface area contributed by atoms with Crippen molar-refractivity contribution in [1.82, 2.24) is 15.3 Å². The Morgan fingerprint density at radius 1 is 1.30 bits per heavy atom. The molecule has 20 heavy (non-hydrogen) atoms. The fraction of sp³-hybridized carbons (Fsp3) is 0.375. The van der Waals surface area contributed by atoms with Gasteiger partial charge in [0.25, 0.3) is 0 Å². The molecule has 3 rings (SSSR count). The van der Waals surface area contributed by atoms with Crippen LogP contribution >= 0.6 is 0 Å². The highest BCUT2D eigenvalue weighted by atomic mass is 16.3. The Kier molecular flexibility index (Phi) is 3.65. The molecule has 1 unspecified atom stereocenters. The van der Waals surface area contributed by atoms with Gasteiger partial charge in [-0.1, -0.05) is 0 Å². The average Bonchev–Trinajstić information content (AvgIpc) is 2.48. The van der Waals surface area contributed by atoms with E-state index in [0.717, 1.165) is 30.8 Å². The van der Waals surface area contributed by atoms with Crippen LogP contribution in [0.4, 0.5) is 0 Å². The van der Waals surface area contributed by atoms with Crippen molar-refractivity contribution in [3.63, 3.8) is 0 Å². The van der Waals surface area contributed by atoms with E-state index in [1.165, 1.54) is 17.7 Å². The Labute approximate surface area is 118 Å². The molecule has 4 heteroatoms. The van der Waals surface area contributed by atoms with Crippen LogP contribution in [0.2, 0.25) is 0 Å². The van der Waals surface area contributed by atoms with E-state index in [-0.39, 0.29) is 5.75 Å². The van der Waals surface area contributed by atoms with Crippen LogP contribution in [0.1, 0.15) is 17.7 Å². The van der Waals surface area contributed by atoms with Crippen LogP contribution in [0, 0.1) is 5.92 Å². The molecule has 104 valence electrons. The Bertz CT molecular complexity index is 595. The highest BCUT2D eigenvalue weighted by Crippen LogP contribution is 2.26. The molecule has 1 aromatic carbocycles. The second kappa shape index (κ2) is 5.59. The van der Waals surface area contributed by atoms with E-state index in [9.17, 15) is 5.11 Å². The number of nitrogens with zero attached hydrogens (tertiary/aromatic N) is 2. The van der Waals surface area contributed by atoms with Crippen LogP contribution in [-0.4, -0.2) is 28.7 Å². The molecule has 1 atom stereocenters. The van der Waals surface area contributed by atoms with Crippen molar-refractivity contribution in [2.75, 3.05) is 13.6 Å². The zero-order chi connectivity index (χ0) is 13.9. The minimum atomic E-state index is 0.265. The maximum Gasteiger partial charge on any atom is 0.159 e. The summed E-state index contributed by atoms with van der Waals surface area (Å²) < 4.78 is 0. The Morgan fingerprint density at radius 2 is 2.10 bits per heavy atom. The van der Waals surface area contributed by atoms with Gasteiger partial charge in [-0.2, -0.15) is 0 Å². The van der Waals surface area contributed by atoms with Gasteiger partial charge in [0, 0.05) is 17.5 Å². The van der Waals surface area contributed by atoms with Gasteiger partial charge in [0.15, 0.2) is 5.82 Å². The van der Waals surface area contributed by atoms with E-state index in [2.05, 4.69) is 10.3 Å². The zero-order valence-electron chi connectivity index (χ0n) is 11.6. The number of phenolic OH excluding ortho intramolecular Hbond substituents is 1. The summed E-state index contributed by atoms with van der Waals surface area (Å²) in [6, 6.07) is 7.04. The number of hydrogen-bond acceptors (Lipinski definition) is 4. The molecule has 0 saturated carbocycles. The summed E-state index contributed by atoms with van der Waals surface area (Å²) >= 11 is 0. The molecule has 2 aromatic rings. The SMILES string of the molecule is CNCC1CCc2nc(-c3ccc(O)cc3)ncc2C1. The molecule has 0 saturated heterocycles. The predicted octanol–water partition coefficient (Wildman–Crippen LogP) is 2.17. The molecule has 1 aliphatic carbocycles. The van der Waals surface area contributed by atoms with Gasteiger partial charge in [-0.15, -0.1) is 0 Å². The minimum Gasteiger partial charge on any atom is -0.508 e. The van der Waals surface area contributed by atoms with E-state index in [1.807, 2.05) is 25.4 Å². The highest BCUT2D eigenvalue weighted by molar-refractivity contribution is 5.56. The third kappa shape index (κ3) is 2.65. The zero-order valence-corrected chi connectivity index (χ0v) is 11.6. The molecule has 0 fully saturated rings. The standard InChI is InChI=1S/C16H19N3O/c1-17-9-11-2-7-15-13(8-11)10-18-16(19-15)12-3-5-14(20)6-4-12/h3-6,10-11,17,20H,2,7-9H2,1H3. The molecule has 2 N–H and O–H groups in total. The molecule has 4 nitrogen and oxygen atoms in total. The number of phenols is 1.